The number of anilines is 1. The van der Waals surface area contributed by atoms with Gasteiger partial charge in [-0.2, -0.15) is 0 Å². The molecule has 0 aromatic carbocycles. The van der Waals surface area contributed by atoms with Gasteiger partial charge in [-0.25, -0.2) is 4.98 Å². The van der Waals surface area contributed by atoms with Crippen LogP contribution in [-0.4, -0.2) is 29.5 Å². The fourth-order valence-electron chi connectivity index (χ4n) is 0.907. The van der Waals surface area contributed by atoms with Crippen molar-refractivity contribution in [1.82, 2.24) is 9.97 Å². The monoisotopic (exact) mass is 275 g/mol. The molecule has 0 radical (unpaired) electrons. The first-order chi connectivity index (χ1) is 6.49. The molecule has 1 N–H and O–H groups in total. The van der Waals surface area contributed by atoms with Crippen LogP contribution >= 0.6 is 12.2 Å². The summed E-state index contributed by atoms with van der Waals surface area (Å²) in [7, 11) is 1.59. The summed E-state index contributed by atoms with van der Waals surface area (Å²) in [5.41, 5.74) is 0. The average Bonchev–Trinajstić information content (AvgIpc) is 2.00. The number of carbonyl (C=O) groups is 1. The number of likely N-dealkylation sites (N-methyl/N-ethyl adjacent to an activating group) is 1. The molecule has 0 aliphatic rings. The minimum absolute atomic E-state index is 0. The fourth-order valence-corrected chi connectivity index (χ4v) is 1.37. The molecule has 9 heteroatoms. The quantitative estimate of drug-likeness (QED) is 0.256. The molecule has 0 bridgehead atoms. The number of nitrogens with zero attached hydrogens (tertiary/aromatic N) is 2. The third-order valence-corrected chi connectivity index (χ3v) is 1.89. The van der Waals surface area contributed by atoms with Crippen molar-refractivity contribution in [3.05, 3.63) is 10.8 Å². The molecular formula is C7H7N3Na2O2S2. The smallest absolute Gasteiger partial charge is 0.760 e. The van der Waals surface area contributed by atoms with E-state index in [0.29, 0.717) is 10.8 Å². The number of nitrogens with one attached hydrogen (secondary N) is 1. The first-order valence-electron chi connectivity index (χ1n) is 3.68. The van der Waals surface area contributed by atoms with E-state index < -0.39 is 5.97 Å². The zero-order valence-corrected chi connectivity index (χ0v) is 14.9. The van der Waals surface area contributed by atoms with E-state index in [2.05, 4.69) is 9.97 Å². The summed E-state index contributed by atoms with van der Waals surface area (Å²) in [5, 5.41) is 10.6. The molecule has 0 aliphatic carbocycles. The van der Waals surface area contributed by atoms with Crippen LogP contribution in [0.25, 0.3) is 0 Å². The number of aromatic amines is 1. The number of aliphatic carboxylic acids is 1. The van der Waals surface area contributed by atoms with Crippen LogP contribution < -0.4 is 69.1 Å². The van der Waals surface area contributed by atoms with E-state index in [-0.39, 0.29) is 70.4 Å². The van der Waals surface area contributed by atoms with E-state index in [1.165, 1.54) is 11.0 Å². The SMILES string of the molecule is CN(CC(=O)[O-])c1cc([S-])nc(=S)[nH]1.[Na+].[Na+]. The van der Waals surface area contributed by atoms with Gasteiger partial charge in [-0.3, -0.25) is 0 Å². The Morgan fingerprint density at radius 3 is 2.69 bits per heavy atom. The number of rotatable bonds is 3. The Hall–Kier alpha value is 0.790. The number of H-pyrrole nitrogens is 1. The third-order valence-electron chi connectivity index (χ3n) is 1.48. The van der Waals surface area contributed by atoms with E-state index in [1.54, 1.807) is 7.05 Å². The van der Waals surface area contributed by atoms with Gasteiger partial charge in [-0.05, 0) is 18.3 Å². The molecule has 5 nitrogen and oxygen atoms in total. The molecule has 0 amide bonds. The first-order valence-corrected chi connectivity index (χ1v) is 4.50. The van der Waals surface area contributed by atoms with Gasteiger partial charge in [0, 0.05) is 7.05 Å². The molecule has 0 aliphatic heterocycles. The molecule has 16 heavy (non-hydrogen) atoms. The van der Waals surface area contributed by atoms with Gasteiger partial charge in [0.1, 0.15) is 5.82 Å². The Morgan fingerprint density at radius 2 is 2.25 bits per heavy atom. The molecule has 0 fully saturated rings. The Morgan fingerprint density at radius 1 is 1.69 bits per heavy atom. The number of carbonyl (C=O) groups excluding carboxylic acids is 1. The van der Waals surface area contributed by atoms with Crippen molar-refractivity contribution >= 4 is 36.6 Å². The summed E-state index contributed by atoms with van der Waals surface area (Å²) in [6.45, 7) is -0.232. The maximum absolute atomic E-state index is 10.3. The normalized spacial score (nSPS) is 8.56. The molecule has 0 atom stereocenters. The van der Waals surface area contributed by atoms with Gasteiger partial charge in [-0.1, -0.05) is 5.03 Å². The van der Waals surface area contributed by atoms with Crippen molar-refractivity contribution in [2.45, 2.75) is 5.03 Å². The van der Waals surface area contributed by atoms with Crippen LogP contribution in [0.1, 0.15) is 0 Å². The van der Waals surface area contributed by atoms with Gasteiger partial charge in [0.25, 0.3) is 0 Å². The van der Waals surface area contributed by atoms with Crippen molar-refractivity contribution < 1.29 is 69.0 Å². The minimum atomic E-state index is -1.17. The second-order valence-corrected chi connectivity index (χ2v) is 3.44. The first kappa shape index (κ1) is 19.1. The predicted molar refractivity (Wildman–Crippen MR) is 53.3 cm³/mol. The molecule has 1 rings (SSSR count). The zero-order valence-electron chi connectivity index (χ0n) is 9.31. The average molecular weight is 275 g/mol. The fraction of sp³-hybridized carbons (Fsp3) is 0.286. The molecule has 0 saturated carbocycles. The molecule has 0 unspecified atom stereocenters. The number of carboxylic acid groups (broad SMARTS) is 1. The third kappa shape index (κ3) is 6.51. The van der Waals surface area contributed by atoms with Crippen molar-refractivity contribution in [3.63, 3.8) is 0 Å². The Kier molecular flexibility index (Phi) is 10.5. The molecule has 76 valence electrons. The summed E-state index contributed by atoms with van der Waals surface area (Å²) in [5.74, 6) is -0.659. The standard InChI is InChI=1S/C7H9N3O2S2.2Na/c1-10(3-6(11)12)4-2-5(13)9-7(14)8-4;;/h2H,3H2,1H3,(H,11,12)(H2,8,9,13,14);;/q;2*+1/p-2. The largest absolute Gasteiger partial charge is 1.00 e. The van der Waals surface area contributed by atoms with Crippen LogP contribution in [-0.2, 0) is 17.4 Å². The molecule has 0 spiro atoms. The van der Waals surface area contributed by atoms with Gasteiger partial charge >= 0.3 is 59.1 Å². The van der Waals surface area contributed by atoms with Gasteiger partial charge < -0.3 is 32.4 Å². The maximum Gasteiger partial charge on any atom is 1.00 e. The number of aromatic nitrogens is 2. The topological polar surface area (TPSA) is 72.1 Å². The Balaban J connectivity index is 0. The van der Waals surface area contributed by atoms with Crippen molar-refractivity contribution in [2.75, 3.05) is 18.5 Å². The summed E-state index contributed by atoms with van der Waals surface area (Å²) in [6, 6.07) is 1.54. The Bertz CT molecular complexity index is 413. The van der Waals surface area contributed by atoms with E-state index in [4.69, 9.17) is 24.8 Å². The van der Waals surface area contributed by atoms with Crippen LogP contribution in [0, 0.1) is 4.77 Å². The zero-order chi connectivity index (χ0) is 10.7. The number of carboxylic acids is 1. The number of hydrogen-bond acceptors (Lipinski definition) is 6. The van der Waals surface area contributed by atoms with Crippen LogP contribution in [0.15, 0.2) is 11.1 Å². The summed E-state index contributed by atoms with van der Waals surface area (Å²) in [6.07, 6.45) is 0. The van der Waals surface area contributed by atoms with Gasteiger partial charge in [0.15, 0.2) is 4.77 Å². The second-order valence-electron chi connectivity index (χ2n) is 2.64. The van der Waals surface area contributed by atoms with E-state index in [1.807, 2.05) is 0 Å². The predicted octanol–water partition coefficient (Wildman–Crippen LogP) is -6.76. The molecular weight excluding hydrogens is 268 g/mol. The summed E-state index contributed by atoms with van der Waals surface area (Å²) >= 11 is 9.63. The van der Waals surface area contributed by atoms with E-state index in [0.717, 1.165) is 0 Å². The molecule has 0 saturated heterocycles. The van der Waals surface area contributed by atoms with Gasteiger partial charge in [0.05, 0.1) is 12.5 Å². The molecule has 1 aromatic rings. The Labute approximate surface area is 148 Å². The van der Waals surface area contributed by atoms with E-state index in [9.17, 15) is 9.90 Å². The van der Waals surface area contributed by atoms with Crippen molar-refractivity contribution in [3.8, 4) is 0 Å². The summed E-state index contributed by atoms with van der Waals surface area (Å²) < 4.78 is 0.234. The van der Waals surface area contributed by atoms with Crippen LogP contribution in [0.3, 0.4) is 0 Å². The molecule has 1 aromatic heterocycles. The maximum atomic E-state index is 10.3. The number of hydrogen-bond donors (Lipinski definition) is 1. The van der Waals surface area contributed by atoms with Crippen molar-refractivity contribution in [2.24, 2.45) is 0 Å². The van der Waals surface area contributed by atoms with Gasteiger partial charge in [-0.15, -0.1) is 0 Å². The molecule has 1 heterocycles. The van der Waals surface area contributed by atoms with E-state index >= 15 is 0 Å². The van der Waals surface area contributed by atoms with Crippen LogP contribution in [0.4, 0.5) is 5.82 Å². The van der Waals surface area contributed by atoms with Crippen molar-refractivity contribution in [1.29, 1.82) is 0 Å². The van der Waals surface area contributed by atoms with Crippen LogP contribution in [0.2, 0.25) is 0 Å². The minimum Gasteiger partial charge on any atom is -0.760 e. The van der Waals surface area contributed by atoms with Gasteiger partial charge in [0.2, 0.25) is 0 Å². The summed E-state index contributed by atoms with van der Waals surface area (Å²) in [4.78, 5) is 18.3. The second kappa shape index (κ2) is 8.82. The van der Waals surface area contributed by atoms with Crippen LogP contribution in [0.5, 0.6) is 0 Å².